The molecule has 1 aliphatic heterocycles. The number of nitrogens with one attached hydrogen (secondary N) is 1. The summed E-state index contributed by atoms with van der Waals surface area (Å²) in [6.45, 7) is 4.27. The molecule has 1 unspecified atom stereocenters. The van der Waals surface area contributed by atoms with Crippen molar-refractivity contribution in [3.05, 3.63) is 29.7 Å². The maximum Gasteiger partial charge on any atom is 0.227 e. The van der Waals surface area contributed by atoms with Gasteiger partial charge in [0.1, 0.15) is 5.82 Å². The van der Waals surface area contributed by atoms with Gasteiger partial charge in [-0.25, -0.2) is 4.98 Å². The number of β-amino-alcohol motifs (C(OH)–C–C–N with tert-alkyl or cyclic N) is 1. The number of rotatable bonds is 4. The smallest absolute Gasteiger partial charge is 0.227 e. The first-order valence-electron chi connectivity index (χ1n) is 7.59. The predicted molar refractivity (Wildman–Crippen MR) is 84.9 cm³/mol. The number of aromatic amines is 1. The average molecular weight is 302 g/mol. The Balaban J connectivity index is 1.74. The molecule has 0 radical (unpaired) electrons. The second kappa shape index (κ2) is 6.31. The van der Waals surface area contributed by atoms with Crippen LogP contribution in [0.2, 0.25) is 0 Å². The standard InChI is InChI=1S/C15H22N6O/c1-11-12(8-17-19-11)9-20(2)15-16-6-5-14(18-15)21-7-3-4-13(22)10-21/h5-6,8,13,22H,3-4,7,9-10H2,1-2H3,(H,17,19). The van der Waals surface area contributed by atoms with Gasteiger partial charge in [-0.1, -0.05) is 0 Å². The highest BCUT2D eigenvalue weighted by atomic mass is 16.3. The Morgan fingerprint density at radius 3 is 3.09 bits per heavy atom. The second-order valence-corrected chi connectivity index (χ2v) is 5.83. The molecule has 0 bridgehead atoms. The van der Waals surface area contributed by atoms with Crippen molar-refractivity contribution >= 4 is 11.8 Å². The molecule has 0 spiro atoms. The van der Waals surface area contributed by atoms with Crippen LogP contribution >= 0.6 is 0 Å². The minimum atomic E-state index is -0.265. The maximum atomic E-state index is 9.82. The molecule has 2 aromatic heterocycles. The van der Waals surface area contributed by atoms with E-state index in [0.717, 1.165) is 36.5 Å². The topological polar surface area (TPSA) is 81.2 Å². The minimum Gasteiger partial charge on any atom is -0.391 e. The van der Waals surface area contributed by atoms with E-state index in [1.54, 1.807) is 6.20 Å². The minimum absolute atomic E-state index is 0.265. The number of H-pyrrole nitrogens is 1. The van der Waals surface area contributed by atoms with E-state index < -0.39 is 0 Å². The van der Waals surface area contributed by atoms with Gasteiger partial charge >= 0.3 is 0 Å². The fourth-order valence-electron chi connectivity index (χ4n) is 2.72. The van der Waals surface area contributed by atoms with E-state index in [4.69, 9.17) is 0 Å². The Labute approximate surface area is 130 Å². The highest BCUT2D eigenvalue weighted by Gasteiger charge is 2.19. The summed E-state index contributed by atoms with van der Waals surface area (Å²) in [5, 5.41) is 16.8. The Kier molecular flexibility index (Phi) is 4.24. The van der Waals surface area contributed by atoms with Gasteiger partial charge in [-0.3, -0.25) is 5.10 Å². The summed E-state index contributed by atoms with van der Waals surface area (Å²) in [6, 6.07) is 1.90. The summed E-state index contributed by atoms with van der Waals surface area (Å²) in [5.41, 5.74) is 2.19. The van der Waals surface area contributed by atoms with Crippen molar-refractivity contribution in [2.24, 2.45) is 0 Å². The number of nitrogens with zero attached hydrogens (tertiary/aromatic N) is 5. The van der Waals surface area contributed by atoms with Gasteiger partial charge in [0.05, 0.1) is 12.3 Å². The van der Waals surface area contributed by atoms with Crippen molar-refractivity contribution in [3.8, 4) is 0 Å². The molecule has 1 fully saturated rings. The van der Waals surface area contributed by atoms with Gasteiger partial charge in [-0.05, 0) is 25.8 Å². The molecule has 22 heavy (non-hydrogen) atoms. The predicted octanol–water partition coefficient (Wildman–Crippen LogP) is 1.11. The molecule has 1 aliphatic rings. The first-order chi connectivity index (χ1) is 10.6. The largest absolute Gasteiger partial charge is 0.391 e. The Hall–Kier alpha value is -2.15. The third-order valence-electron chi connectivity index (χ3n) is 4.03. The molecular formula is C15H22N6O. The van der Waals surface area contributed by atoms with Crippen LogP contribution in [-0.2, 0) is 6.54 Å². The molecule has 0 aromatic carbocycles. The van der Waals surface area contributed by atoms with Gasteiger partial charge in [0.25, 0.3) is 0 Å². The number of aliphatic hydroxyl groups excluding tert-OH is 1. The molecule has 1 saturated heterocycles. The highest BCUT2D eigenvalue weighted by molar-refractivity contribution is 5.44. The lowest BCUT2D eigenvalue weighted by Gasteiger charge is -2.31. The number of aryl methyl sites for hydroxylation is 1. The Morgan fingerprint density at radius 2 is 2.36 bits per heavy atom. The van der Waals surface area contributed by atoms with Crippen molar-refractivity contribution < 1.29 is 5.11 Å². The Bertz CT molecular complexity index is 628. The van der Waals surface area contributed by atoms with Crippen molar-refractivity contribution in [1.29, 1.82) is 0 Å². The summed E-state index contributed by atoms with van der Waals surface area (Å²) >= 11 is 0. The van der Waals surface area contributed by atoms with E-state index in [1.807, 2.05) is 31.1 Å². The first kappa shape index (κ1) is 14.8. The van der Waals surface area contributed by atoms with Gasteiger partial charge in [0, 0.05) is 44.1 Å². The zero-order valence-corrected chi connectivity index (χ0v) is 13.0. The van der Waals surface area contributed by atoms with Gasteiger partial charge < -0.3 is 14.9 Å². The fourth-order valence-corrected chi connectivity index (χ4v) is 2.72. The molecule has 3 rings (SSSR count). The summed E-state index contributed by atoms with van der Waals surface area (Å²) in [6.07, 6.45) is 5.20. The number of anilines is 2. The van der Waals surface area contributed by atoms with Crippen LogP contribution in [0.5, 0.6) is 0 Å². The number of hydrogen-bond acceptors (Lipinski definition) is 6. The SMILES string of the molecule is Cc1[nH]ncc1CN(C)c1nccc(N2CCCC(O)C2)n1. The van der Waals surface area contributed by atoms with Crippen LogP contribution in [0.4, 0.5) is 11.8 Å². The molecule has 2 N–H and O–H groups in total. The lowest BCUT2D eigenvalue weighted by atomic mass is 10.1. The monoisotopic (exact) mass is 302 g/mol. The van der Waals surface area contributed by atoms with E-state index in [-0.39, 0.29) is 6.10 Å². The normalized spacial score (nSPS) is 18.5. The van der Waals surface area contributed by atoms with Crippen LogP contribution in [0.15, 0.2) is 18.5 Å². The molecular weight excluding hydrogens is 280 g/mol. The molecule has 3 heterocycles. The van der Waals surface area contributed by atoms with Crippen molar-refractivity contribution in [1.82, 2.24) is 20.2 Å². The third kappa shape index (κ3) is 3.19. The molecule has 0 saturated carbocycles. The van der Waals surface area contributed by atoms with Crippen LogP contribution in [0.1, 0.15) is 24.1 Å². The summed E-state index contributed by atoms with van der Waals surface area (Å²) in [5.74, 6) is 1.55. The maximum absolute atomic E-state index is 9.82. The van der Waals surface area contributed by atoms with E-state index in [1.165, 1.54) is 0 Å². The molecule has 2 aromatic rings. The van der Waals surface area contributed by atoms with Crippen molar-refractivity contribution in [2.75, 3.05) is 29.9 Å². The van der Waals surface area contributed by atoms with Crippen LogP contribution < -0.4 is 9.80 Å². The summed E-state index contributed by atoms with van der Waals surface area (Å²) < 4.78 is 0. The molecule has 7 nitrogen and oxygen atoms in total. The highest BCUT2D eigenvalue weighted by Crippen LogP contribution is 2.20. The molecule has 7 heteroatoms. The summed E-state index contributed by atoms with van der Waals surface area (Å²) in [7, 11) is 1.97. The molecule has 0 aliphatic carbocycles. The van der Waals surface area contributed by atoms with Gasteiger partial charge in [0.2, 0.25) is 5.95 Å². The third-order valence-corrected chi connectivity index (χ3v) is 4.03. The lowest BCUT2D eigenvalue weighted by molar-refractivity contribution is 0.154. The fraction of sp³-hybridized carbons (Fsp3) is 0.533. The number of aromatic nitrogens is 4. The van der Waals surface area contributed by atoms with Crippen LogP contribution in [-0.4, -0.2) is 51.5 Å². The molecule has 0 amide bonds. The number of piperidine rings is 1. The van der Waals surface area contributed by atoms with Crippen molar-refractivity contribution in [3.63, 3.8) is 0 Å². The van der Waals surface area contributed by atoms with E-state index >= 15 is 0 Å². The Morgan fingerprint density at radius 1 is 1.50 bits per heavy atom. The van der Waals surface area contributed by atoms with Crippen LogP contribution in [0.25, 0.3) is 0 Å². The van der Waals surface area contributed by atoms with Gasteiger partial charge in [-0.2, -0.15) is 10.1 Å². The first-order valence-corrected chi connectivity index (χ1v) is 7.59. The van der Waals surface area contributed by atoms with Gasteiger partial charge in [0.15, 0.2) is 0 Å². The van der Waals surface area contributed by atoms with E-state index in [0.29, 0.717) is 19.0 Å². The van der Waals surface area contributed by atoms with E-state index in [9.17, 15) is 5.11 Å². The number of aliphatic hydroxyl groups is 1. The van der Waals surface area contributed by atoms with Crippen molar-refractivity contribution in [2.45, 2.75) is 32.4 Å². The van der Waals surface area contributed by atoms with E-state index in [2.05, 4.69) is 25.1 Å². The van der Waals surface area contributed by atoms with Crippen LogP contribution in [0.3, 0.4) is 0 Å². The average Bonchev–Trinajstić information content (AvgIpc) is 2.92. The second-order valence-electron chi connectivity index (χ2n) is 5.83. The zero-order chi connectivity index (χ0) is 15.5. The number of hydrogen-bond donors (Lipinski definition) is 2. The van der Waals surface area contributed by atoms with Gasteiger partial charge in [-0.15, -0.1) is 0 Å². The zero-order valence-electron chi connectivity index (χ0n) is 13.0. The molecule has 1 atom stereocenters. The lowest BCUT2D eigenvalue weighted by Crippen LogP contribution is -2.38. The molecule has 118 valence electrons. The summed E-state index contributed by atoms with van der Waals surface area (Å²) in [4.78, 5) is 13.1. The quantitative estimate of drug-likeness (QED) is 0.880. The van der Waals surface area contributed by atoms with Crippen LogP contribution in [0, 0.1) is 6.92 Å².